The third kappa shape index (κ3) is 2.54. The van der Waals surface area contributed by atoms with Crippen LogP contribution in [0.5, 0.6) is 0 Å². The Morgan fingerprint density at radius 3 is 2.81 bits per heavy atom. The second-order valence-corrected chi connectivity index (χ2v) is 3.52. The molecule has 1 rings (SSSR count). The van der Waals surface area contributed by atoms with Crippen LogP contribution in [0, 0.1) is 11.3 Å². The first-order chi connectivity index (χ1) is 7.60. The number of hydrogen-bond donors (Lipinski definition) is 0. The number of nitriles is 1. The Labute approximate surface area is 94.5 Å². The molecule has 0 saturated carbocycles. The highest BCUT2D eigenvalue weighted by molar-refractivity contribution is 5.93. The average molecular weight is 222 g/mol. The summed E-state index contributed by atoms with van der Waals surface area (Å²) < 4.78 is 9.96. The third-order valence-electron chi connectivity index (χ3n) is 2.04. The van der Waals surface area contributed by atoms with Crippen molar-refractivity contribution in [3.05, 3.63) is 23.1 Å². The van der Waals surface area contributed by atoms with Crippen LogP contribution >= 0.6 is 0 Å². The molecule has 0 aromatic rings. The first-order valence-corrected chi connectivity index (χ1v) is 4.83. The third-order valence-corrected chi connectivity index (χ3v) is 2.04. The second kappa shape index (κ2) is 5.21. The zero-order chi connectivity index (χ0) is 12.1. The van der Waals surface area contributed by atoms with Gasteiger partial charge in [0.05, 0.1) is 25.4 Å². The SMILES string of the molecule is COC(=O)/C(=C\N(C)C)C1=C(C#N)CCO1. The van der Waals surface area contributed by atoms with Crippen LogP contribution in [0.25, 0.3) is 0 Å². The van der Waals surface area contributed by atoms with Gasteiger partial charge in [-0.1, -0.05) is 0 Å². The van der Waals surface area contributed by atoms with E-state index in [1.807, 2.05) is 6.07 Å². The van der Waals surface area contributed by atoms with Gasteiger partial charge in [0.25, 0.3) is 0 Å². The predicted octanol–water partition coefficient (Wildman–Crippen LogP) is 0.803. The van der Waals surface area contributed by atoms with Crippen LogP contribution in [-0.4, -0.2) is 38.7 Å². The average Bonchev–Trinajstić information content (AvgIpc) is 2.72. The van der Waals surface area contributed by atoms with E-state index >= 15 is 0 Å². The van der Waals surface area contributed by atoms with Gasteiger partial charge in [-0.15, -0.1) is 0 Å². The predicted molar refractivity (Wildman–Crippen MR) is 57.0 cm³/mol. The van der Waals surface area contributed by atoms with E-state index < -0.39 is 5.97 Å². The van der Waals surface area contributed by atoms with Gasteiger partial charge in [0, 0.05) is 26.7 Å². The minimum absolute atomic E-state index is 0.279. The van der Waals surface area contributed by atoms with Gasteiger partial charge in [0.2, 0.25) is 0 Å². The molecule has 5 heteroatoms. The summed E-state index contributed by atoms with van der Waals surface area (Å²) in [5.41, 5.74) is 0.764. The quantitative estimate of drug-likeness (QED) is 0.522. The molecule has 0 spiro atoms. The van der Waals surface area contributed by atoms with Crippen molar-refractivity contribution < 1.29 is 14.3 Å². The summed E-state index contributed by atoms with van der Waals surface area (Å²) in [6.07, 6.45) is 2.12. The molecule has 1 heterocycles. The summed E-state index contributed by atoms with van der Waals surface area (Å²) >= 11 is 0. The van der Waals surface area contributed by atoms with Crippen LogP contribution in [0.15, 0.2) is 23.1 Å². The Kier molecular flexibility index (Phi) is 3.95. The molecule has 5 nitrogen and oxygen atoms in total. The van der Waals surface area contributed by atoms with Crippen molar-refractivity contribution in [3.63, 3.8) is 0 Å². The molecule has 1 aliphatic rings. The van der Waals surface area contributed by atoms with Crippen molar-refractivity contribution >= 4 is 5.97 Å². The lowest BCUT2D eigenvalue weighted by Gasteiger charge is -2.11. The van der Waals surface area contributed by atoms with Gasteiger partial charge < -0.3 is 14.4 Å². The summed E-state index contributed by atoms with van der Waals surface area (Å²) in [5, 5.41) is 8.89. The van der Waals surface area contributed by atoms with Gasteiger partial charge in [-0.3, -0.25) is 0 Å². The van der Waals surface area contributed by atoms with E-state index in [0.29, 0.717) is 24.4 Å². The topological polar surface area (TPSA) is 62.6 Å². The van der Waals surface area contributed by atoms with Crippen LogP contribution in [-0.2, 0) is 14.3 Å². The number of hydrogen-bond acceptors (Lipinski definition) is 5. The molecule has 86 valence electrons. The minimum Gasteiger partial charge on any atom is -0.491 e. The maximum Gasteiger partial charge on any atom is 0.343 e. The Morgan fingerprint density at radius 2 is 2.31 bits per heavy atom. The van der Waals surface area contributed by atoms with E-state index in [2.05, 4.69) is 4.74 Å². The Hall–Kier alpha value is -1.96. The van der Waals surface area contributed by atoms with Crippen LogP contribution in [0.4, 0.5) is 0 Å². The van der Waals surface area contributed by atoms with Crippen LogP contribution < -0.4 is 0 Å². The zero-order valence-electron chi connectivity index (χ0n) is 9.61. The monoisotopic (exact) mass is 222 g/mol. The number of carbonyl (C=O) groups is 1. The normalized spacial score (nSPS) is 15.5. The zero-order valence-corrected chi connectivity index (χ0v) is 9.61. The number of ether oxygens (including phenoxy) is 2. The fourth-order valence-electron chi connectivity index (χ4n) is 1.37. The van der Waals surface area contributed by atoms with E-state index in [0.717, 1.165) is 0 Å². The molecule has 0 unspecified atom stereocenters. The van der Waals surface area contributed by atoms with Gasteiger partial charge in [-0.25, -0.2) is 4.79 Å². The van der Waals surface area contributed by atoms with Gasteiger partial charge >= 0.3 is 5.97 Å². The van der Waals surface area contributed by atoms with Crippen LogP contribution in [0.3, 0.4) is 0 Å². The Balaban J connectivity index is 3.13. The van der Waals surface area contributed by atoms with E-state index in [1.54, 1.807) is 25.2 Å². The minimum atomic E-state index is -0.502. The van der Waals surface area contributed by atoms with Crippen molar-refractivity contribution in [2.45, 2.75) is 6.42 Å². The fraction of sp³-hybridized carbons (Fsp3) is 0.455. The molecule has 0 amide bonds. The Bertz CT molecular complexity index is 389. The molecule has 0 radical (unpaired) electrons. The molecular weight excluding hydrogens is 208 g/mol. The Morgan fingerprint density at radius 1 is 1.62 bits per heavy atom. The van der Waals surface area contributed by atoms with E-state index in [1.165, 1.54) is 7.11 Å². The van der Waals surface area contributed by atoms with Crippen molar-refractivity contribution in [2.75, 3.05) is 27.8 Å². The lowest BCUT2D eigenvalue weighted by Crippen LogP contribution is -2.13. The fourth-order valence-corrected chi connectivity index (χ4v) is 1.37. The van der Waals surface area contributed by atoms with Crippen LogP contribution in [0.2, 0.25) is 0 Å². The molecule has 0 atom stereocenters. The first kappa shape index (κ1) is 12.1. The first-order valence-electron chi connectivity index (χ1n) is 4.83. The molecule has 0 saturated heterocycles. The summed E-state index contributed by atoms with van der Waals surface area (Å²) in [5.74, 6) is -0.165. The van der Waals surface area contributed by atoms with Crippen molar-refractivity contribution in [3.8, 4) is 6.07 Å². The van der Waals surface area contributed by atoms with Crippen molar-refractivity contribution in [1.29, 1.82) is 5.26 Å². The molecule has 0 aromatic heterocycles. The van der Waals surface area contributed by atoms with Gasteiger partial charge in [0.1, 0.15) is 11.3 Å². The standard InChI is InChI=1S/C11H14N2O3/c1-13(2)7-9(11(14)15-3)10-8(6-12)4-5-16-10/h7H,4-5H2,1-3H3/b9-7-. The molecule has 0 bridgehead atoms. The maximum absolute atomic E-state index is 11.6. The van der Waals surface area contributed by atoms with Gasteiger partial charge in [0.15, 0.2) is 0 Å². The summed E-state index contributed by atoms with van der Waals surface area (Å²) in [6.45, 7) is 0.431. The number of methoxy groups -OCH3 is 1. The lowest BCUT2D eigenvalue weighted by atomic mass is 10.1. The van der Waals surface area contributed by atoms with Gasteiger partial charge in [-0.05, 0) is 0 Å². The highest BCUT2D eigenvalue weighted by Gasteiger charge is 2.25. The summed E-state index contributed by atoms with van der Waals surface area (Å²) in [7, 11) is 4.86. The van der Waals surface area contributed by atoms with Crippen LogP contribution in [0.1, 0.15) is 6.42 Å². The number of nitrogens with zero attached hydrogens (tertiary/aromatic N) is 2. The number of rotatable bonds is 3. The van der Waals surface area contributed by atoms with Gasteiger partial charge in [-0.2, -0.15) is 5.26 Å². The highest BCUT2D eigenvalue weighted by atomic mass is 16.5. The van der Waals surface area contributed by atoms with Crippen molar-refractivity contribution in [1.82, 2.24) is 4.90 Å². The van der Waals surface area contributed by atoms with E-state index in [4.69, 9.17) is 10.00 Å². The molecule has 0 aromatic carbocycles. The summed E-state index contributed by atoms with van der Waals surface area (Å²) in [4.78, 5) is 13.3. The molecule has 0 N–H and O–H groups in total. The van der Waals surface area contributed by atoms with E-state index in [9.17, 15) is 4.79 Å². The molecule has 1 aliphatic heterocycles. The lowest BCUT2D eigenvalue weighted by molar-refractivity contribution is -0.136. The molecule has 16 heavy (non-hydrogen) atoms. The van der Waals surface area contributed by atoms with E-state index in [-0.39, 0.29) is 5.57 Å². The smallest absolute Gasteiger partial charge is 0.343 e. The summed E-state index contributed by atoms with van der Waals surface area (Å²) in [6, 6.07) is 2.03. The highest BCUT2D eigenvalue weighted by Crippen LogP contribution is 2.25. The number of carbonyl (C=O) groups excluding carboxylic acids is 1. The second-order valence-electron chi connectivity index (χ2n) is 3.52. The maximum atomic E-state index is 11.6. The molecule has 0 aliphatic carbocycles. The number of esters is 1. The van der Waals surface area contributed by atoms with Crippen molar-refractivity contribution in [2.24, 2.45) is 0 Å². The molecular formula is C11H14N2O3. The largest absolute Gasteiger partial charge is 0.491 e. The molecule has 0 fully saturated rings.